The Bertz CT molecular complexity index is 794. The molecule has 4 N–H and O–H groups in total. The van der Waals surface area contributed by atoms with Crippen molar-refractivity contribution in [2.45, 2.75) is 12.5 Å². The van der Waals surface area contributed by atoms with Crippen molar-refractivity contribution < 1.29 is 18.7 Å². The summed E-state index contributed by atoms with van der Waals surface area (Å²) in [5.74, 6) is -0.881. The van der Waals surface area contributed by atoms with Crippen LogP contribution >= 0.6 is 0 Å². The summed E-state index contributed by atoms with van der Waals surface area (Å²) in [5, 5.41) is 5.42. The Morgan fingerprint density at radius 2 is 2.00 bits per heavy atom. The highest BCUT2D eigenvalue weighted by Gasteiger charge is 2.22. The van der Waals surface area contributed by atoms with Gasteiger partial charge in [-0.1, -0.05) is 18.2 Å². The Balaban J connectivity index is 1.71. The number of primary amides is 1. The molecule has 0 saturated carbocycles. The molecule has 7 heteroatoms. The first-order valence-electron chi connectivity index (χ1n) is 7.43. The van der Waals surface area contributed by atoms with Crippen molar-refractivity contribution in [2.75, 3.05) is 11.9 Å². The zero-order valence-electron chi connectivity index (χ0n) is 12.7. The molecule has 6 nitrogen and oxygen atoms in total. The smallest absolute Gasteiger partial charge is 0.319 e. The molecular weight excluding hydrogens is 313 g/mol. The zero-order chi connectivity index (χ0) is 17.1. The summed E-state index contributed by atoms with van der Waals surface area (Å²) in [4.78, 5) is 23.3. The van der Waals surface area contributed by atoms with Crippen molar-refractivity contribution in [1.29, 1.82) is 0 Å². The molecule has 1 heterocycles. The standard InChI is InChI=1S/C17H16FN3O3/c18-13-6-5-10(9-12(13)16(19)22)20-17(23)21-14-7-8-24-15-4-2-1-3-11(14)15/h1-6,9,14H,7-8H2,(H2,19,22)(H2,20,21,23). The number of amides is 3. The maximum atomic E-state index is 13.5. The van der Waals surface area contributed by atoms with Crippen molar-refractivity contribution in [3.63, 3.8) is 0 Å². The highest BCUT2D eigenvalue weighted by molar-refractivity contribution is 5.96. The van der Waals surface area contributed by atoms with Crippen LogP contribution < -0.4 is 21.1 Å². The summed E-state index contributed by atoms with van der Waals surface area (Å²) in [5.41, 5.74) is 6.00. The molecule has 24 heavy (non-hydrogen) atoms. The van der Waals surface area contributed by atoms with Crippen LogP contribution in [-0.2, 0) is 0 Å². The SMILES string of the molecule is NC(=O)c1cc(NC(=O)NC2CCOc3ccccc32)ccc1F. The molecule has 3 rings (SSSR count). The van der Waals surface area contributed by atoms with Crippen molar-refractivity contribution in [1.82, 2.24) is 5.32 Å². The highest BCUT2D eigenvalue weighted by atomic mass is 19.1. The lowest BCUT2D eigenvalue weighted by Gasteiger charge is -2.26. The van der Waals surface area contributed by atoms with E-state index >= 15 is 0 Å². The number of nitrogens with two attached hydrogens (primary N) is 1. The quantitative estimate of drug-likeness (QED) is 0.808. The average molecular weight is 329 g/mol. The van der Waals surface area contributed by atoms with E-state index in [4.69, 9.17) is 10.5 Å². The molecule has 1 unspecified atom stereocenters. The number of benzene rings is 2. The van der Waals surface area contributed by atoms with E-state index in [1.807, 2.05) is 24.3 Å². The van der Waals surface area contributed by atoms with Gasteiger partial charge >= 0.3 is 6.03 Å². The van der Waals surface area contributed by atoms with Gasteiger partial charge in [-0.25, -0.2) is 9.18 Å². The van der Waals surface area contributed by atoms with Gasteiger partial charge in [-0.3, -0.25) is 4.79 Å². The number of rotatable bonds is 3. The number of halogens is 1. The van der Waals surface area contributed by atoms with Crippen LogP contribution in [0.5, 0.6) is 5.75 Å². The van der Waals surface area contributed by atoms with Crippen LogP contribution in [0, 0.1) is 5.82 Å². The number of hydrogen-bond donors (Lipinski definition) is 3. The fourth-order valence-electron chi connectivity index (χ4n) is 2.61. The van der Waals surface area contributed by atoms with E-state index in [9.17, 15) is 14.0 Å². The van der Waals surface area contributed by atoms with E-state index in [2.05, 4.69) is 10.6 Å². The first kappa shape index (κ1) is 15.8. The van der Waals surface area contributed by atoms with E-state index < -0.39 is 17.8 Å². The fourth-order valence-corrected chi connectivity index (χ4v) is 2.61. The van der Waals surface area contributed by atoms with Crippen LogP contribution in [0.2, 0.25) is 0 Å². The topological polar surface area (TPSA) is 93.5 Å². The Labute approximate surface area is 137 Å². The van der Waals surface area contributed by atoms with E-state index in [-0.39, 0.29) is 17.3 Å². The minimum Gasteiger partial charge on any atom is -0.493 e. The van der Waals surface area contributed by atoms with Crippen molar-refractivity contribution in [3.05, 3.63) is 59.4 Å². The minimum atomic E-state index is -0.894. The second kappa shape index (κ2) is 6.57. The summed E-state index contributed by atoms with van der Waals surface area (Å²) < 4.78 is 19.0. The molecular formula is C17H16FN3O3. The molecule has 0 spiro atoms. The molecule has 0 aliphatic carbocycles. The first-order valence-corrected chi connectivity index (χ1v) is 7.43. The van der Waals surface area contributed by atoms with Gasteiger partial charge in [-0.05, 0) is 24.3 Å². The van der Waals surface area contributed by atoms with Gasteiger partial charge in [-0.15, -0.1) is 0 Å². The molecule has 3 amide bonds. The van der Waals surface area contributed by atoms with Gasteiger partial charge in [0, 0.05) is 17.7 Å². The summed E-state index contributed by atoms with van der Waals surface area (Å²) in [6, 6.07) is 10.5. The number of nitrogens with one attached hydrogen (secondary N) is 2. The third-order valence-corrected chi connectivity index (χ3v) is 3.75. The van der Waals surface area contributed by atoms with Gasteiger partial charge in [0.1, 0.15) is 11.6 Å². The van der Waals surface area contributed by atoms with Crippen LogP contribution in [0.25, 0.3) is 0 Å². The van der Waals surface area contributed by atoms with Crippen LogP contribution in [0.3, 0.4) is 0 Å². The Kier molecular flexibility index (Phi) is 4.33. The number of carbonyl (C=O) groups excluding carboxylic acids is 2. The Morgan fingerprint density at radius 3 is 2.79 bits per heavy atom. The molecule has 2 aromatic carbocycles. The van der Waals surface area contributed by atoms with Crippen LogP contribution in [0.4, 0.5) is 14.9 Å². The second-order valence-electron chi connectivity index (χ2n) is 5.38. The van der Waals surface area contributed by atoms with Gasteiger partial charge < -0.3 is 21.1 Å². The van der Waals surface area contributed by atoms with Gasteiger partial charge in [0.2, 0.25) is 0 Å². The van der Waals surface area contributed by atoms with Crippen molar-refractivity contribution in [3.8, 4) is 5.75 Å². The zero-order valence-corrected chi connectivity index (χ0v) is 12.7. The lowest BCUT2D eigenvalue weighted by Crippen LogP contribution is -2.35. The summed E-state index contributed by atoms with van der Waals surface area (Å²) in [7, 11) is 0. The van der Waals surface area contributed by atoms with Crippen molar-refractivity contribution >= 4 is 17.6 Å². The lowest BCUT2D eigenvalue weighted by atomic mass is 10.0. The Morgan fingerprint density at radius 1 is 1.21 bits per heavy atom. The normalized spacial score (nSPS) is 15.8. The van der Waals surface area contributed by atoms with Gasteiger partial charge in [0.05, 0.1) is 18.2 Å². The largest absolute Gasteiger partial charge is 0.493 e. The van der Waals surface area contributed by atoms with Gasteiger partial charge in [-0.2, -0.15) is 0 Å². The number of hydrogen-bond acceptors (Lipinski definition) is 3. The van der Waals surface area contributed by atoms with Gasteiger partial charge in [0.25, 0.3) is 5.91 Å². The lowest BCUT2D eigenvalue weighted by molar-refractivity contribution is 0.0996. The average Bonchev–Trinajstić information content (AvgIpc) is 2.56. The summed E-state index contributed by atoms with van der Waals surface area (Å²) >= 11 is 0. The Hall–Kier alpha value is -3.09. The number of para-hydroxylation sites is 1. The van der Waals surface area contributed by atoms with Crippen LogP contribution in [0.15, 0.2) is 42.5 Å². The molecule has 1 atom stereocenters. The molecule has 0 bridgehead atoms. The molecule has 124 valence electrons. The summed E-state index contributed by atoms with van der Waals surface area (Å²) in [6.45, 7) is 0.504. The number of fused-ring (bicyclic) bond motifs is 1. The monoisotopic (exact) mass is 329 g/mol. The van der Waals surface area contributed by atoms with E-state index in [1.165, 1.54) is 12.1 Å². The maximum Gasteiger partial charge on any atom is 0.319 e. The molecule has 1 aliphatic heterocycles. The van der Waals surface area contributed by atoms with Crippen LogP contribution in [-0.4, -0.2) is 18.5 Å². The molecule has 0 saturated heterocycles. The molecule has 0 aromatic heterocycles. The number of ether oxygens (including phenoxy) is 1. The maximum absolute atomic E-state index is 13.5. The molecule has 0 radical (unpaired) electrons. The fraction of sp³-hybridized carbons (Fsp3) is 0.176. The number of urea groups is 1. The highest BCUT2D eigenvalue weighted by Crippen LogP contribution is 2.31. The van der Waals surface area contributed by atoms with E-state index in [0.717, 1.165) is 17.4 Å². The van der Waals surface area contributed by atoms with Crippen molar-refractivity contribution in [2.24, 2.45) is 5.73 Å². The van der Waals surface area contributed by atoms with Gasteiger partial charge in [0.15, 0.2) is 0 Å². The van der Waals surface area contributed by atoms with Crippen LogP contribution in [0.1, 0.15) is 28.4 Å². The third kappa shape index (κ3) is 3.29. The second-order valence-corrected chi connectivity index (χ2v) is 5.38. The van der Waals surface area contributed by atoms with E-state index in [0.29, 0.717) is 13.0 Å². The number of anilines is 1. The minimum absolute atomic E-state index is 0.189. The van der Waals surface area contributed by atoms with E-state index in [1.54, 1.807) is 0 Å². The summed E-state index contributed by atoms with van der Waals surface area (Å²) in [6.07, 6.45) is 0.639. The molecule has 0 fully saturated rings. The molecule has 2 aromatic rings. The number of carbonyl (C=O) groups is 2. The first-order chi connectivity index (χ1) is 11.5. The predicted octanol–water partition coefficient (Wildman–Crippen LogP) is 2.57. The third-order valence-electron chi connectivity index (χ3n) is 3.75. The molecule has 1 aliphatic rings. The predicted molar refractivity (Wildman–Crippen MR) is 86.4 cm³/mol.